The molecule has 5 nitrogen and oxygen atoms in total. The number of aromatic nitrogens is 1. The lowest BCUT2D eigenvalue weighted by molar-refractivity contribution is -0.116. The number of carbonyl (C=O) groups is 2. The number of fused-ring (bicyclic) bond motifs is 1. The minimum Gasteiger partial charge on any atom is -0.372 e. The number of piperidine rings is 1. The zero-order valence-electron chi connectivity index (χ0n) is 16.8. The highest BCUT2D eigenvalue weighted by Crippen LogP contribution is 2.24. The molecular weight excluding hydrogens is 362 g/mol. The van der Waals surface area contributed by atoms with Gasteiger partial charge in [-0.05, 0) is 55.2 Å². The van der Waals surface area contributed by atoms with Gasteiger partial charge in [-0.15, -0.1) is 0 Å². The average Bonchev–Trinajstić information content (AvgIpc) is 3.17. The number of hydrogen-bond donors (Lipinski definition) is 1. The number of carbonyl (C=O) groups excluding carboxylic acids is 2. The Morgan fingerprint density at radius 1 is 0.966 bits per heavy atom. The van der Waals surface area contributed by atoms with E-state index in [-0.39, 0.29) is 24.7 Å². The first-order valence-corrected chi connectivity index (χ1v) is 10.3. The number of rotatable bonds is 5. The molecule has 3 aromatic rings. The lowest BCUT2D eigenvalue weighted by Gasteiger charge is -2.32. The number of amides is 1. The summed E-state index contributed by atoms with van der Waals surface area (Å²) in [5.41, 5.74) is 2.84. The maximum atomic E-state index is 12.5. The summed E-state index contributed by atoms with van der Waals surface area (Å²) in [5, 5.41) is 3.92. The summed E-state index contributed by atoms with van der Waals surface area (Å²) in [6.45, 7) is 4.48. The summed E-state index contributed by atoms with van der Waals surface area (Å²) in [6, 6.07) is 17.6. The molecule has 0 bridgehead atoms. The van der Waals surface area contributed by atoms with E-state index in [4.69, 9.17) is 0 Å². The van der Waals surface area contributed by atoms with Gasteiger partial charge < -0.3 is 10.2 Å². The molecule has 0 unspecified atom stereocenters. The van der Waals surface area contributed by atoms with E-state index in [1.165, 1.54) is 18.5 Å². The van der Waals surface area contributed by atoms with Crippen molar-refractivity contribution < 1.29 is 9.59 Å². The van der Waals surface area contributed by atoms with Crippen molar-refractivity contribution in [2.24, 2.45) is 5.92 Å². The van der Waals surface area contributed by atoms with Crippen LogP contribution in [0.5, 0.6) is 0 Å². The van der Waals surface area contributed by atoms with Crippen molar-refractivity contribution in [3.8, 4) is 0 Å². The Bertz CT molecular complexity index is 998. The molecule has 2 aromatic carbocycles. The van der Waals surface area contributed by atoms with Gasteiger partial charge in [0.25, 0.3) is 0 Å². The van der Waals surface area contributed by atoms with Crippen molar-refractivity contribution in [3.63, 3.8) is 0 Å². The van der Waals surface area contributed by atoms with Gasteiger partial charge in [0, 0.05) is 48.9 Å². The van der Waals surface area contributed by atoms with Gasteiger partial charge in [-0.25, -0.2) is 0 Å². The number of para-hydroxylation sites is 1. The summed E-state index contributed by atoms with van der Waals surface area (Å²) < 4.78 is 1.62. The minimum absolute atomic E-state index is 0.0731. The van der Waals surface area contributed by atoms with Crippen molar-refractivity contribution in [1.29, 1.82) is 0 Å². The molecule has 0 saturated carbocycles. The Balaban J connectivity index is 1.30. The van der Waals surface area contributed by atoms with E-state index in [0.29, 0.717) is 0 Å². The second-order valence-electron chi connectivity index (χ2n) is 7.90. The summed E-state index contributed by atoms with van der Waals surface area (Å²) in [7, 11) is 0. The van der Waals surface area contributed by atoms with E-state index in [0.717, 1.165) is 35.6 Å². The van der Waals surface area contributed by atoms with Gasteiger partial charge in [0.1, 0.15) is 0 Å². The molecule has 4 rings (SSSR count). The predicted octanol–water partition coefficient (Wildman–Crippen LogP) is 4.94. The fourth-order valence-corrected chi connectivity index (χ4v) is 3.89. The molecule has 1 aliphatic rings. The van der Waals surface area contributed by atoms with Gasteiger partial charge in [-0.3, -0.25) is 14.2 Å². The Morgan fingerprint density at radius 3 is 2.45 bits per heavy atom. The smallest absolute Gasteiger partial charge is 0.231 e. The van der Waals surface area contributed by atoms with Crippen LogP contribution in [0.1, 0.15) is 37.4 Å². The van der Waals surface area contributed by atoms with Crippen molar-refractivity contribution >= 4 is 34.1 Å². The maximum absolute atomic E-state index is 12.5. The van der Waals surface area contributed by atoms with Crippen LogP contribution < -0.4 is 10.2 Å². The molecule has 1 amide bonds. The van der Waals surface area contributed by atoms with Gasteiger partial charge in [0.2, 0.25) is 11.8 Å². The van der Waals surface area contributed by atoms with Gasteiger partial charge in [0.15, 0.2) is 0 Å². The molecule has 1 aromatic heterocycles. The van der Waals surface area contributed by atoms with Crippen molar-refractivity contribution in [3.05, 3.63) is 60.8 Å². The molecule has 150 valence electrons. The molecule has 1 N–H and O–H groups in total. The summed E-state index contributed by atoms with van der Waals surface area (Å²) in [4.78, 5) is 27.2. The average molecular weight is 389 g/mol. The van der Waals surface area contributed by atoms with E-state index in [2.05, 4.69) is 29.3 Å². The van der Waals surface area contributed by atoms with Crippen LogP contribution in [-0.4, -0.2) is 29.5 Å². The van der Waals surface area contributed by atoms with Crippen LogP contribution in [0, 0.1) is 5.92 Å². The molecule has 0 atom stereocenters. The number of anilines is 2. The van der Waals surface area contributed by atoms with Crippen molar-refractivity contribution in [1.82, 2.24) is 4.57 Å². The SMILES string of the molecule is CC1CCN(c2ccc(NC(=O)CCC(=O)n3ccc4ccccc43)cc2)CC1. The van der Waals surface area contributed by atoms with Crippen LogP contribution in [0.2, 0.25) is 0 Å². The van der Waals surface area contributed by atoms with Crippen molar-refractivity contribution in [2.75, 3.05) is 23.3 Å². The molecule has 0 spiro atoms. The largest absolute Gasteiger partial charge is 0.372 e. The highest BCUT2D eigenvalue weighted by molar-refractivity contribution is 5.96. The third kappa shape index (κ3) is 4.50. The normalized spacial score (nSPS) is 14.9. The standard InChI is InChI=1S/C24H27N3O2/c1-18-12-15-26(16-13-18)21-8-6-20(7-9-21)25-23(28)10-11-24(29)27-17-14-19-4-2-3-5-22(19)27/h2-9,14,17-18H,10-13,15-16H2,1H3,(H,25,28). The zero-order valence-corrected chi connectivity index (χ0v) is 16.8. The molecule has 5 heteroatoms. The number of nitrogens with one attached hydrogen (secondary N) is 1. The first-order chi connectivity index (χ1) is 14.1. The minimum atomic E-state index is -0.144. The van der Waals surface area contributed by atoms with E-state index >= 15 is 0 Å². The van der Waals surface area contributed by atoms with Crippen LogP contribution >= 0.6 is 0 Å². The monoisotopic (exact) mass is 389 g/mol. The second-order valence-corrected chi connectivity index (χ2v) is 7.90. The fourth-order valence-electron chi connectivity index (χ4n) is 3.89. The topological polar surface area (TPSA) is 54.3 Å². The quantitative estimate of drug-likeness (QED) is 0.673. The highest BCUT2D eigenvalue weighted by atomic mass is 16.2. The van der Waals surface area contributed by atoms with E-state index in [1.807, 2.05) is 42.5 Å². The predicted molar refractivity (Wildman–Crippen MR) is 117 cm³/mol. The Kier molecular flexibility index (Phi) is 5.65. The molecule has 0 aliphatic carbocycles. The molecule has 1 aliphatic heterocycles. The number of hydrogen-bond acceptors (Lipinski definition) is 3. The number of nitrogens with zero attached hydrogens (tertiary/aromatic N) is 2. The zero-order chi connectivity index (χ0) is 20.2. The van der Waals surface area contributed by atoms with E-state index < -0.39 is 0 Å². The van der Waals surface area contributed by atoms with Crippen molar-refractivity contribution in [2.45, 2.75) is 32.6 Å². The van der Waals surface area contributed by atoms with Gasteiger partial charge >= 0.3 is 0 Å². The Morgan fingerprint density at radius 2 is 1.69 bits per heavy atom. The lowest BCUT2D eigenvalue weighted by Crippen LogP contribution is -2.32. The van der Waals surface area contributed by atoms with Gasteiger partial charge in [-0.2, -0.15) is 0 Å². The first-order valence-electron chi connectivity index (χ1n) is 10.3. The first kappa shape index (κ1) is 19.2. The Labute approximate surface area is 171 Å². The molecular formula is C24H27N3O2. The molecule has 1 saturated heterocycles. The number of benzene rings is 2. The third-order valence-electron chi connectivity index (χ3n) is 5.73. The molecule has 0 radical (unpaired) electrons. The third-order valence-corrected chi connectivity index (χ3v) is 5.73. The summed E-state index contributed by atoms with van der Waals surface area (Å²) >= 11 is 0. The van der Waals surface area contributed by atoms with Crippen LogP contribution in [-0.2, 0) is 4.79 Å². The summed E-state index contributed by atoms with van der Waals surface area (Å²) in [5.74, 6) is 0.586. The van der Waals surface area contributed by atoms with E-state index in [1.54, 1.807) is 10.8 Å². The fraction of sp³-hybridized carbons (Fsp3) is 0.333. The van der Waals surface area contributed by atoms with Crippen LogP contribution in [0.4, 0.5) is 11.4 Å². The summed E-state index contributed by atoms with van der Waals surface area (Å²) in [6.07, 6.45) is 4.56. The van der Waals surface area contributed by atoms with Crippen LogP contribution in [0.3, 0.4) is 0 Å². The van der Waals surface area contributed by atoms with E-state index in [9.17, 15) is 9.59 Å². The molecule has 1 fully saturated rings. The second kappa shape index (κ2) is 8.52. The highest BCUT2D eigenvalue weighted by Gasteiger charge is 2.16. The van der Waals surface area contributed by atoms with Crippen LogP contribution in [0.25, 0.3) is 10.9 Å². The lowest BCUT2D eigenvalue weighted by atomic mass is 9.99. The Hall–Kier alpha value is -3.08. The van der Waals surface area contributed by atoms with Gasteiger partial charge in [0.05, 0.1) is 5.52 Å². The van der Waals surface area contributed by atoms with Crippen LogP contribution in [0.15, 0.2) is 60.8 Å². The maximum Gasteiger partial charge on any atom is 0.231 e. The molecule has 29 heavy (non-hydrogen) atoms. The molecule has 2 heterocycles. The van der Waals surface area contributed by atoms with Gasteiger partial charge in [-0.1, -0.05) is 25.1 Å².